The van der Waals surface area contributed by atoms with Crippen LogP contribution in [-0.4, -0.2) is 263 Å². The Balaban J connectivity index is 0.919. The van der Waals surface area contributed by atoms with Crippen molar-refractivity contribution in [2.75, 3.05) is 33.5 Å². The van der Waals surface area contributed by atoms with Crippen molar-refractivity contribution in [3.8, 4) is 0 Å². The van der Waals surface area contributed by atoms with Gasteiger partial charge in [0.25, 0.3) is 0 Å². The second kappa shape index (κ2) is 26.3. The van der Waals surface area contributed by atoms with Gasteiger partial charge in [0.2, 0.25) is 0 Å². The molecule has 31 atom stereocenters. The molecule has 90 heavy (non-hydrogen) atoms. The molecule has 0 aromatic heterocycles. The number of fused-ring (bicyclic) bond motifs is 4. The van der Waals surface area contributed by atoms with Crippen LogP contribution in [0.3, 0.4) is 0 Å². The molecule has 0 aromatic carbocycles. The summed E-state index contributed by atoms with van der Waals surface area (Å²) in [5.41, 5.74) is -1.74. The maximum atomic E-state index is 14.7. The zero-order valence-corrected chi connectivity index (χ0v) is 53.0. The maximum absolute atomic E-state index is 14.7. The van der Waals surface area contributed by atoms with E-state index < -0.39 is 217 Å². The number of esters is 2. The van der Waals surface area contributed by atoms with E-state index in [1.165, 1.54) is 21.0 Å². The normalized spacial score (nSPS) is 50.2. The van der Waals surface area contributed by atoms with Crippen LogP contribution >= 0.6 is 0 Å². The van der Waals surface area contributed by atoms with E-state index >= 15 is 0 Å². The van der Waals surface area contributed by atoms with E-state index in [1.807, 2.05) is 39.0 Å². The van der Waals surface area contributed by atoms with E-state index in [2.05, 4.69) is 33.8 Å². The Bertz CT molecular complexity index is 2780. The van der Waals surface area contributed by atoms with Gasteiger partial charge >= 0.3 is 22.3 Å². The fourth-order valence-electron chi connectivity index (χ4n) is 17.1. The molecule has 10 aliphatic rings. The molecule has 29 nitrogen and oxygen atoms in total. The molecule has 9 fully saturated rings. The van der Waals surface area contributed by atoms with Gasteiger partial charge in [-0.25, -0.2) is 4.18 Å². The van der Waals surface area contributed by atoms with Crippen molar-refractivity contribution < 1.29 is 139 Å². The molecule has 6 heterocycles. The highest BCUT2D eigenvalue weighted by Gasteiger charge is 2.79. The Hall–Kier alpha value is -2.81. The van der Waals surface area contributed by atoms with Crippen molar-refractivity contribution in [1.82, 2.24) is 0 Å². The molecular weight excluding hydrogens is 1220 g/mol. The van der Waals surface area contributed by atoms with Gasteiger partial charge < -0.3 is 113 Å². The fourth-order valence-corrected chi connectivity index (χ4v) is 17.6. The number of carbonyl (C=O) groups is 2. The molecule has 0 bridgehead atoms. The summed E-state index contributed by atoms with van der Waals surface area (Å²) >= 11 is 0. The average molecular weight is 1310 g/mol. The zero-order valence-electron chi connectivity index (χ0n) is 52.1. The molecule has 0 amide bonds. The number of methoxy groups -OCH3 is 1. The topological polar surface area (TPSA) is 420 Å². The monoisotopic (exact) mass is 1310 g/mol. The standard InChI is InChI=1S/C60H92O29S/c1-25(2)12-11-17-59(9)49-32(81-27(4)62)20-58(8)29-13-14-35-56(5,6)36(16-18-57(35,7)28(29)15-19-60(49,58)55(72)88-59)83-53-47(39(67)34(24-79-53)89-90(73,74)75)87-54-48(86-50-40(68)37(65)30(63)22-77-50)41(69)44(26(3)80-54)84-52-43(71)46(38(66)33(21-61)82-52)85-51-42(70)45(76-10)31(64)23-78-51/h11-13,17,26,28,30-54,61,63-71H,14-16,18-24H2,1-10H3,(H,73,74,75)/b17-11-/t26-,28+,30-,31-,32+,33-,34-,35+,36+,37+,38-,39+,40-,41+,42-,43-,44-,45+,46+,47-,48-,49-,50+,51+,52+,53+,54+,57-,58+,59+,60-/m1/s1. The molecular formula is C60H92O29S. The summed E-state index contributed by atoms with van der Waals surface area (Å²) < 4.78 is 118. The van der Waals surface area contributed by atoms with Crippen molar-refractivity contribution >= 4 is 22.3 Å². The molecule has 1 spiro atoms. The number of hydrogen-bond donors (Lipinski definition) is 11. The first-order chi connectivity index (χ1) is 42.2. The van der Waals surface area contributed by atoms with Crippen LogP contribution < -0.4 is 0 Å². The van der Waals surface area contributed by atoms with E-state index in [9.17, 15) is 73.6 Å². The number of ether oxygens (including phenoxy) is 13. The molecule has 3 saturated carbocycles. The number of carbonyl (C=O) groups excluding carboxylic acids is 2. The van der Waals surface area contributed by atoms with Crippen LogP contribution in [-0.2, 0) is 85.8 Å². The van der Waals surface area contributed by atoms with Gasteiger partial charge in [-0.1, -0.05) is 57.1 Å². The smallest absolute Gasteiger partial charge is 0.397 e. The van der Waals surface area contributed by atoms with E-state index in [0.29, 0.717) is 38.5 Å². The van der Waals surface area contributed by atoms with Gasteiger partial charge in [0.15, 0.2) is 31.5 Å². The quantitative estimate of drug-likeness (QED) is 0.0355. The van der Waals surface area contributed by atoms with Gasteiger partial charge in [0, 0.05) is 19.4 Å². The van der Waals surface area contributed by atoms with Crippen molar-refractivity contribution in [3.05, 3.63) is 35.5 Å². The van der Waals surface area contributed by atoms with Crippen molar-refractivity contribution in [2.24, 2.45) is 39.4 Å². The molecule has 6 aliphatic heterocycles. The second-order valence-electron chi connectivity index (χ2n) is 27.6. The number of rotatable bonds is 17. The summed E-state index contributed by atoms with van der Waals surface area (Å²) in [7, 11) is -4.04. The summed E-state index contributed by atoms with van der Waals surface area (Å²) in [5, 5.41) is 111. The first-order valence-corrected chi connectivity index (χ1v) is 32.3. The third-order valence-electron chi connectivity index (χ3n) is 21.5. The van der Waals surface area contributed by atoms with Crippen LogP contribution in [0.15, 0.2) is 35.5 Å². The van der Waals surface area contributed by atoms with Crippen LogP contribution in [0.4, 0.5) is 0 Å². The van der Waals surface area contributed by atoms with Crippen LogP contribution in [0.5, 0.6) is 0 Å². The Morgan fingerprint density at radius 3 is 1.97 bits per heavy atom. The summed E-state index contributed by atoms with van der Waals surface area (Å²) in [4.78, 5) is 27.6. The summed E-state index contributed by atoms with van der Waals surface area (Å²) in [6.07, 6.45) is -28.5. The Morgan fingerprint density at radius 1 is 0.689 bits per heavy atom. The Morgan fingerprint density at radius 2 is 1.31 bits per heavy atom. The van der Waals surface area contributed by atoms with Crippen LogP contribution in [0.25, 0.3) is 0 Å². The summed E-state index contributed by atoms with van der Waals surface area (Å²) in [6.45, 7) is 14.6. The molecule has 0 unspecified atom stereocenters. The zero-order chi connectivity index (χ0) is 65.7. The van der Waals surface area contributed by atoms with Crippen molar-refractivity contribution in [2.45, 2.75) is 254 Å². The molecule has 4 aliphatic carbocycles. The predicted molar refractivity (Wildman–Crippen MR) is 302 cm³/mol. The molecule has 0 radical (unpaired) electrons. The SMILES string of the molecule is CO[C@@H]1[C@@H](O)[C@H](O[C@@H]2[C@@H](O)[C@H](O[C@H]3[C@H](O)[C@@H](O[C@@H]4OC[C@@H](O)[C@H](O)[C@H]4O)[C@H](O[C@H]4[C@H](O[C@H]5CC[C@]6(C)[C@H]7CC[C@]89C(=O)O[C@@](C)(/C=C\C=C(C)C)[C@H]8[C@@H](OC(C)=O)C[C@@]9(C)C7=CC[C@H]6C5(C)C)OC[C@@H](OS(=O)(=O)O)[C@@H]4O)O[C@@H]3C)O[C@H](CO)[C@H]2O)OC[C@H]1O. The molecule has 30 heteroatoms. The predicted octanol–water partition coefficient (Wildman–Crippen LogP) is -1.14. The molecule has 11 N–H and O–H groups in total. The number of aliphatic hydroxyl groups excluding tert-OH is 10. The van der Waals surface area contributed by atoms with Gasteiger partial charge in [-0.3, -0.25) is 14.1 Å². The van der Waals surface area contributed by atoms with Crippen LogP contribution in [0.1, 0.15) is 101 Å². The van der Waals surface area contributed by atoms with Gasteiger partial charge in [0.1, 0.15) is 109 Å². The van der Waals surface area contributed by atoms with E-state index in [-0.39, 0.29) is 24.4 Å². The second-order valence-corrected chi connectivity index (χ2v) is 28.7. The first-order valence-electron chi connectivity index (χ1n) is 30.9. The minimum Gasteiger partial charge on any atom is -0.462 e. The molecule has 6 saturated heterocycles. The van der Waals surface area contributed by atoms with E-state index in [4.69, 9.17) is 65.8 Å². The summed E-state index contributed by atoms with van der Waals surface area (Å²) in [5.74, 6) is -1.36. The number of cyclic esters (lactones) is 1. The van der Waals surface area contributed by atoms with Crippen LogP contribution in [0.2, 0.25) is 0 Å². The average Bonchev–Trinajstić information content (AvgIpc) is 1.46. The number of allylic oxidation sites excluding steroid dienone is 5. The van der Waals surface area contributed by atoms with E-state index in [0.717, 1.165) is 11.1 Å². The number of aliphatic hydroxyl groups is 10. The van der Waals surface area contributed by atoms with Gasteiger partial charge in [-0.2, -0.15) is 8.42 Å². The third kappa shape index (κ3) is 12.5. The third-order valence-corrected chi connectivity index (χ3v) is 22.0. The van der Waals surface area contributed by atoms with E-state index in [1.54, 1.807) is 0 Å². The molecule has 512 valence electrons. The van der Waals surface area contributed by atoms with Gasteiger partial charge in [-0.05, 0) is 95.0 Å². The minimum absolute atomic E-state index is 0.0276. The highest BCUT2D eigenvalue weighted by Crippen LogP contribution is 2.76. The van der Waals surface area contributed by atoms with Crippen molar-refractivity contribution in [3.63, 3.8) is 0 Å². The first kappa shape index (κ1) is 70.0. The minimum atomic E-state index is -5.27. The highest BCUT2D eigenvalue weighted by molar-refractivity contribution is 7.80. The lowest BCUT2D eigenvalue weighted by atomic mass is 9.41. The Labute approximate surface area is 522 Å². The lowest BCUT2D eigenvalue weighted by Crippen LogP contribution is -2.67. The van der Waals surface area contributed by atoms with Crippen LogP contribution in [0, 0.1) is 39.4 Å². The van der Waals surface area contributed by atoms with Gasteiger partial charge in [0.05, 0.1) is 50.0 Å². The molecule has 10 rings (SSSR count). The highest BCUT2D eigenvalue weighted by atomic mass is 32.3. The summed E-state index contributed by atoms with van der Waals surface area (Å²) in [6, 6.07) is 0. The largest absolute Gasteiger partial charge is 0.462 e. The fraction of sp³-hybridized carbons (Fsp3) is 0.867. The molecule has 0 aromatic rings. The van der Waals surface area contributed by atoms with Crippen molar-refractivity contribution in [1.29, 1.82) is 0 Å². The number of hydrogen-bond acceptors (Lipinski definition) is 28. The Kier molecular flexibility index (Phi) is 20.5. The lowest BCUT2D eigenvalue weighted by Gasteiger charge is -2.63. The van der Waals surface area contributed by atoms with Gasteiger partial charge in [-0.15, -0.1) is 0 Å². The maximum Gasteiger partial charge on any atom is 0.397 e. The lowest BCUT2D eigenvalue weighted by molar-refractivity contribution is -0.402.